The van der Waals surface area contributed by atoms with E-state index in [0.29, 0.717) is 5.13 Å². The van der Waals surface area contributed by atoms with Crippen molar-refractivity contribution in [2.75, 3.05) is 17.2 Å². The van der Waals surface area contributed by atoms with Crippen LogP contribution in [0.25, 0.3) is 6.08 Å². The number of anilines is 2. The molecule has 0 unspecified atom stereocenters. The quantitative estimate of drug-likeness (QED) is 0.421. The van der Waals surface area contributed by atoms with Crippen molar-refractivity contribution in [2.24, 2.45) is 0 Å². The molecule has 0 atom stereocenters. The summed E-state index contributed by atoms with van der Waals surface area (Å²) in [5, 5.41) is 15.3. The zero-order chi connectivity index (χ0) is 18.7. The zero-order valence-electron chi connectivity index (χ0n) is 15.0. The average molecular weight is 379 g/mol. The Hall–Kier alpha value is -2.99. The molecule has 6 heteroatoms. The van der Waals surface area contributed by atoms with Crippen molar-refractivity contribution in [3.05, 3.63) is 77.9 Å². The Morgan fingerprint density at radius 1 is 0.926 bits per heavy atom. The van der Waals surface area contributed by atoms with Gasteiger partial charge < -0.3 is 5.32 Å². The topological polar surface area (TPSA) is 66.9 Å². The van der Waals surface area contributed by atoms with E-state index in [-0.39, 0.29) is 5.91 Å². The van der Waals surface area contributed by atoms with Gasteiger partial charge in [-0.25, -0.2) is 0 Å². The van der Waals surface area contributed by atoms with Gasteiger partial charge in [0.05, 0.1) is 0 Å². The number of nitrogens with zero attached hydrogens (tertiary/aromatic N) is 2. The van der Waals surface area contributed by atoms with Gasteiger partial charge in [-0.2, -0.15) is 0 Å². The molecule has 138 valence electrons. The molecule has 1 heterocycles. The molecule has 0 fully saturated rings. The molecule has 3 rings (SSSR count). The minimum Gasteiger partial charge on any atom is -0.360 e. The smallest absolute Gasteiger partial charge is 0.250 e. The predicted octanol–water partition coefficient (Wildman–Crippen LogP) is 4.62. The van der Waals surface area contributed by atoms with Crippen molar-refractivity contribution in [1.82, 2.24) is 10.2 Å². The fourth-order valence-corrected chi connectivity index (χ4v) is 3.19. The van der Waals surface area contributed by atoms with Crippen LogP contribution in [0.3, 0.4) is 0 Å². The molecule has 5 nitrogen and oxygen atoms in total. The lowest BCUT2D eigenvalue weighted by Crippen LogP contribution is -2.07. The Labute approximate surface area is 163 Å². The first-order chi connectivity index (χ1) is 13.3. The zero-order valence-corrected chi connectivity index (χ0v) is 15.8. The average Bonchev–Trinajstić information content (AvgIpc) is 3.15. The van der Waals surface area contributed by atoms with Crippen LogP contribution in [-0.4, -0.2) is 22.6 Å². The van der Waals surface area contributed by atoms with Crippen molar-refractivity contribution in [1.29, 1.82) is 0 Å². The summed E-state index contributed by atoms with van der Waals surface area (Å²) >= 11 is 1.34. The number of aryl methyl sites for hydroxylation is 1. The van der Waals surface area contributed by atoms with Crippen LogP contribution < -0.4 is 10.6 Å². The molecule has 3 aromatic rings. The van der Waals surface area contributed by atoms with E-state index in [1.54, 1.807) is 6.08 Å². The van der Waals surface area contributed by atoms with E-state index in [1.807, 2.05) is 36.4 Å². The lowest BCUT2D eigenvalue weighted by molar-refractivity contribution is -0.111. The number of hydrogen-bond acceptors (Lipinski definition) is 5. The van der Waals surface area contributed by atoms with Crippen molar-refractivity contribution in [2.45, 2.75) is 19.3 Å². The van der Waals surface area contributed by atoms with Crippen molar-refractivity contribution >= 4 is 33.6 Å². The van der Waals surface area contributed by atoms with Crippen molar-refractivity contribution < 1.29 is 4.79 Å². The second-order valence-electron chi connectivity index (χ2n) is 6.02. The normalized spacial score (nSPS) is 10.8. The van der Waals surface area contributed by atoms with Crippen LogP contribution >= 0.6 is 11.3 Å². The van der Waals surface area contributed by atoms with Crippen molar-refractivity contribution in [3.63, 3.8) is 0 Å². The van der Waals surface area contributed by atoms with Gasteiger partial charge in [0, 0.05) is 12.6 Å². The summed E-state index contributed by atoms with van der Waals surface area (Å²) in [6, 6.07) is 20.2. The fourth-order valence-electron chi connectivity index (χ4n) is 2.52. The maximum atomic E-state index is 11.9. The number of unbranched alkanes of at least 4 members (excludes halogenated alkanes) is 1. The Morgan fingerprint density at radius 3 is 2.41 bits per heavy atom. The summed E-state index contributed by atoms with van der Waals surface area (Å²) in [6.07, 6.45) is 6.50. The molecule has 0 saturated heterocycles. The summed E-state index contributed by atoms with van der Waals surface area (Å²) in [7, 11) is 0. The number of amides is 1. The van der Waals surface area contributed by atoms with Crippen LogP contribution in [0.5, 0.6) is 0 Å². The molecular weight excluding hydrogens is 356 g/mol. The second kappa shape index (κ2) is 10.2. The van der Waals surface area contributed by atoms with E-state index < -0.39 is 0 Å². The standard InChI is InChI=1S/C21H22N4OS/c26-19(15-14-18-11-5-2-6-12-18)23-21-25-24-20(27-21)22-16-8-7-13-17-9-3-1-4-10-17/h1-6,9-12,14-15H,7-8,13,16H2,(H,22,24)(H,23,25,26). The van der Waals surface area contributed by atoms with E-state index in [1.165, 1.54) is 23.0 Å². The summed E-state index contributed by atoms with van der Waals surface area (Å²) in [5.41, 5.74) is 2.34. The monoisotopic (exact) mass is 378 g/mol. The Kier molecular flexibility index (Phi) is 7.12. The molecule has 2 N–H and O–H groups in total. The maximum absolute atomic E-state index is 11.9. The van der Waals surface area contributed by atoms with Crippen LogP contribution in [0.4, 0.5) is 10.3 Å². The number of rotatable bonds is 9. The van der Waals surface area contributed by atoms with Gasteiger partial charge in [0.15, 0.2) is 0 Å². The third kappa shape index (κ3) is 6.67. The van der Waals surface area contributed by atoms with Crippen LogP contribution in [0, 0.1) is 0 Å². The molecule has 0 aliphatic heterocycles. The van der Waals surface area contributed by atoms with Crippen LogP contribution in [0.15, 0.2) is 66.7 Å². The molecule has 0 aliphatic rings. The fraction of sp³-hybridized carbons (Fsp3) is 0.190. The summed E-state index contributed by atoms with van der Waals surface area (Å²) in [6.45, 7) is 0.837. The maximum Gasteiger partial charge on any atom is 0.250 e. The Balaban J connectivity index is 1.36. The summed E-state index contributed by atoms with van der Waals surface area (Å²) in [5.74, 6) is -0.218. The minimum absolute atomic E-state index is 0.218. The Morgan fingerprint density at radius 2 is 1.63 bits per heavy atom. The van der Waals surface area contributed by atoms with Crippen LogP contribution in [0.2, 0.25) is 0 Å². The number of aromatic nitrogens is 2. The molecule has 0 saturated carbocycles. The number of carbonyl (C=O) groups excluding carboxylic acids is 1. The third-order valence-corrected chi connectivity index (χ3v) is 4.69. The highest BCUT2D eigenvalue weighted by Gasteiger charge is 2.05. The molecule has 0 bridgehead atoms. The molecule has 1 aromatic heterocycles. The third-order valence-electron chi connectivity index (χ3n) is 3.89. The van der Waals surface area contributed by atoms with Crippen LogP contribution in [-0.2, 0) is 11.2 Å². The van der Waals surface area contributed by atoms with E-state index in [0.717, 1.165) is 36.5 Å². The summed E-state index contributed by atoms with van der Waals surface area (Å²) < 4.78 is 0. The highest BCUT2D eigenvalue weighted by atomic mass is 32.1. The number of hydrogen-bond donors (Lipinski definition) is 2. The van der Waals surface area contributed by atoms with E-state index in [4.69, 9.17) is 0 Å². The number of carbonyl (C=O) groups is 1. The SMILES string of the molecule is O=C(C=Cc1ccccc1)Nc1nnc(NCCCCc2ccccc2)s1. The molecule has 0 aliphatic carbocycles. The van der Waals surface area contributed by atoms with E-state index >= 15 is 0 Å². The van der Waals surface area contributed by atoms with Crippen molar-refractivity contribution in [3.8, 4) is 0 Å². The first-order valence-corrected chi connectivity index (χ1v) is 9.77. The van der Waals surface area contributed by atoms with Gasteiger partial charge in [0.1, 0.15) is 0 Å². The molecule has 2 aromatic carbocycles. The number of benzene rings is 2. The first-order valence-electron chi connectivity index (χ1n) is 8.95. The highest BCUT2D eigenvalue weighted by Crippen LogP contribution is 2.20. The minimum atomic E-state index is -0.218. The molecule has 27 heavy (non-hydrogen) atoms. The van der Waals surface area contributed by atoms with E-state index in [2.05, 4.69) is 45.1 Å². The number of nitrogens with one attached hydrogen (secondary N) is 2. The highest BCUT2D eigenvalue weighted by molar-refractivity contribution is 7.19. The van der Waals surface area contributed by atoms with Gasteiger partial charge >= 0.3 is 0 Å². The lowest BCUT2D eigenvalue weighted by atomic mass is 10.1. The Bertz CT molecular complexity index is 862. The summed E-state index contributed by atoms with van der Waals surface area (Å²) in [4.78, 5) is 11.9. The molecule has 0 spiro atoms. The van der Waals surface area contributed by atoms with E-state index in [9.17, 15) is 4.79 Å². The lowest BCUT2D eigenvalue weighted by Gasteiger charge is -2.02. The molecule has 1 amide bonds. The van der Waals surface area contributed by atoms with Crippen LogP contribution in [0.1, 0.15) is 24.0 Å². The van der Waals surface area contributed by atoms with Gasteiger partial charge in [-0.1, -0.05) is 72.0 Å². The van der Waals surface area contributed by atoms with Gasteiger partial charge in [-0.05, 0) is 36.5 Å². The first kappa shape index (κ1) is 18.8. The van der Waals surface area contributed by atoms with Gasteiger partial charge in [-0.3, -0.25) is 10.1 Å². The van der Waals surface area contributed by atoms with Gasteiger partial charge in [-0.15, -0.1) is 10.2 Å². The van der Waals surface area contributed by atoms with Gasteiger partial charge in [0.25, 0.3) is 0 Å². The molecular formula is C21H22N4OS. The van der Waals surface area contributed by atoms with Gasteiger partial charge in [0.2, 0.25) is 16.2 Å². The predicted molar refractivity (Wildman–Crippen MR) is 112 cm³/mol. The largest absolute Gasteiger partial charge is 0.360 e. The second-order valence-corrected chi connectivity index (χ2v) is 6.99. The molecule has 0 radical (unpaired) electrons.